The smallest absolute Gasteiger partial charge is 0.239 e. The molecule has 5 rings (SSSR count). The van der Waals surface area contributed by atoms with Crippen LogP contribution in [0.25, 0.3) is 22.3 Å². The van der Waals surface area contributed by atoms with Gasteiger partial charge in [-0.25, -0.2) is 0 Å². The van der Waals surface area contributed by atoms with Gasteiger partial charge in [0, 0.05) is 17.7 Å². The standard InChI is InChI=1S/C27H28O16/c1-8-17(32)20(35)22(37)26(40-8)39-7-15-18(33)21(36)23(38)27(42-15)43-25-19(34)16-13(31)5-10(28)6-14(16)41-24(25)9-2-3-11(29)12(30)4-9/h2-6,8,15,18,21-23,26-33,35-38H,7H2,1H3/t8?,15?,18-,21?,22?,23?,26-,27+/m1/s1. The predicted octanol–water partition coefficient (Wildman–Crippen LogP) is -0.0813. The van der Waals surface area contributed by atoms with Gasteiger partial charge in [0.25, 0.3) is 0 Å². The summed E-state index contributed by atoms with van der Waals surface area (Å²) in [4.78, 5) is 13.6. The lowest BCUT2D eigenvalue weighted by Crippen LogP contribution is -2.60. The van der Waals surface area contributed by atoms with E-state index in [0.29, 0.717) is 0 Å². The number of phenolic OH excluding ortho intramolecular Hbond substituents is 4. The summed E-state index contributed by atoms with van der Waals surface area (Å²) in [6.07, 6.45) is -13.5. The largest absolute Gasteiger partial charge is 0.508 e. The average molecular weight is 609 g/mol. The van der Waals surface area contributed by atoms with Crippen LogP contribution >= 0.6 is 0 Å². The molecule has 0 saturated carbocycles. The molecule has 0 amide bonds. The van der Waals surface area contributed by atoms with Gasteiger partial charge in [-0.1, -0.05) is 0 Å². The number of hydrogen-bond donors (Lipinski definition) is 10. The van der Waals surface area contributed by atoms with Crippen molar-refractivity contribution in [1.29, 1.82) is 0 Å². The van der Waals surface area contributed by atoms with Crippen molar-refractivity contribution in [2.45, 2.75) is 56.1 Å². The van der Waals surface area contributed by atoms with Gasteiger partial charge in [-0.15, -0.1) is 0 Å². The van der Waals surface area contributed by atoms with Gasteiger partial charge in [0.15, 0.2) is 41.2 Å². The van der Waals surface area contributed by atoms with Crippen LogP contribution in [-0.2, 0) is 14.2 Å². The maximum Gasteiger partial charge on any atom is 0.239 e. The van der Waals surface area contributed by atoms with E-state index in [9.17, 15) is 55.9 Å². The lowest BCUT2D eigenvalue weighted by molar-refractivity contribution is -0.296. The van der Waals surface area contributed by atoms with E-state index < -0.39 is 113 Å². The van der Waals surface area contributed by atoms with Crippen molar-refractivity contribution in [2.75, 3.05) is 6.61 Å². The van der Waals surface area contributed by atoms with Crippen LogP contribution in [0.15, 0.2) is 51.1 Å². The minimum atomic E-state index is -1.98. The van der Waals surface area contributed by atoms with Crippen molar-refractivity contribution in [1.82, 2.24) is 0 Å². The third kappa shape index (κ3) is 5.48. The van der Waals surface area contributed by atoms with Crippen molar-refractivity contribution in [3.05, 3.63) is 52.1 Å². The SMILES string of the molecule is CC1O[C@@H](OCC2O[C@@H](Oc3c(-c4ccc(O)c(O)c4)oc4cc(O)cc(O)c4c3=O)C(O)C(O)[C@@H]2O)C(O)C(O)=C1O. The zero-order valence-electron chi connectivity index (χ0n) is 22.1. The third-order valence-corrected chi connectivity index (χ3v) is 7.01. The average Bonchev–Trinajstić information content (AvgIpc) is 2.96. The molecule has 1 saturated heterocycles. The van der Waals surface area contributed by atoms with Crippen molar-refractivity contribution in [3.63, 3.8) is 0 Å². The highest BCUT2D eigenvalue weighted by Gasteiger charge is 2.47. The van der Waals surface area contributed by atoms with Crippen LogP contribution in [-0.4, -0.2) is 107 Å². The van der Waals surface area contributed by atoms with E-state index in [4.69, 9.17) is 23.4 Å². The summed E-state index contributed by atoms with van der Waals surface area (Å²) in [6, 6.07) is 5.22. The number of hydrogen-bond acceptors (Lipinski definition) is 16. The molecule has 2 aliphatic rings. The second kappa shape index (κ2) is 11.4. The fourth-order valence-corrected chi connectivity index (χ4v) is 4.65. The van der Waals surface area contributed by atoms with Gasteiger partial charge in [-0.2, -0.15) is 0 Å². The van der Waals surface area contributed by atoms with E-state index >= 15 is 0 Å². The van der Waals surface area contributed by atoms with Crippen LogP contribution in [0.4, 0.5) is 0 Å². The summed E-state index contributed by atoms with van der Waals surface area (Å²) in [6.45, 7) is 0.738. The molecule has 232 valence electrons. The number of fused-ring (bicyclic) bond motifs is 1. The molecule has 43 heavy (non-hydrogen) atoms. The summed E-state index contributed by atoms with van der Waals surface area (Å²) < 4.78 is 27.7. The van der Waals surface area contributed by atoms with Crippen molar-refractivity contribution < 1.29 is 74.4 Å². The van der Waals surface area contributed by atoms with Gasteiger partial charge < -0.3 is 74.4 Å². The molecule has 0 bridgehead atoms. The Labute approximate surface area is 240 Å². The number of aliphatic hydroxyl groups excluding tert-OH is 6. The first-order chi connectivity index (χ1) is 20.3. The second-order valence-corrected chi connectivity index (χ2v) is 9.96. The number of aromatic hydroxyl groups is 4. The van der Waals surface area contributed by atoms with Crippen LogP contribution in [0.5, 0.6) is 28.7 Å². The zero-order chi connectivity index (χ0) is 31.3. The Kier molecular flexibility index (Phi) is 8.01. The van der Waals surface area contributed by atoms with E-state index in [1.165, 1.54) is 13.0 Å². The van der Waals surface area contributed by atoms with Crippen molar-refractivity contribution in [2.24, 2.45) is 0 Å². The minimum absolute atomic E-state index is 0.0356. The highest BCUT2D eigenvalue weighted by molar-refractivity contribution is 5.88. The summed E-state index contributed by atoms with van der Waals surface area (Å²) in [7, 11) is 0. The van der Waals surface area contributed by atoms with Gasteiger partial charge in [0.2, 0.25) is 17.5 Å². The normalized spacial score (nSPS) is 29.6. The Morgan fingerprint density at radius 3 is 2.21 bits per heavy atom. The van der Waals surface area contributed by atoms with E-state index in [1.807, 2.05) is 0 Å². The Morgan fingerprint density at radius 2 is 1.51 bits per heavy atom. The van der Waals surface area contributed by atoms with Gasteiger partial charge >= 0.3 is 0 Å². The quantitative estimate of drug-likeness (QED) is 0.164. The molecule has 16 nitrogen and oxygen atoms in total. The van der Waals surface area contributed by atoms with E-state index in [2.05, 4.69) is 0 Å². The highest BCUT2D eigenvalue weighted by Crippen LogP contribution is 2.39. The number of ether oxygens (including phenoxy) is 4. The molecular weight excluding hydrogens is 580 g/mol. The Morgan fingerprint density at radius 1 is 0.791 bits per heavy atom. The molecule has 0 aliphatic carbocycles. The van der Waals surface area contributed by atoms with Crippen molar-refractivity contribution >= 4 is 11.0 Å². The van der Waals surface area contributed by atoms with E-state index in [-0.39, 0.29) is 11.1 Å². The number of benzene rings is 2. The van der Waals surface area contributed by atoms with Crippen LogP contribution < -0.4 is 10.2 Å². The summed E-state index contributed by atoms with van der Waals surface area (Å²) >= 11 is 0. The molecule has 1 aromatic heterocycles. The first-order valence-corrected chi connectivity index (χ1v) is 12.8. The monoisotopic (exact) mass is 608 g/mol. The summed E-state index contributed by atoms with van der Waals surface area (Å²) in [5.41, 5.74) is -1.36. The molecule has 2 aliphatic heterocycles. The molecule has 8 atom stereocenters. The maximum atomic E-state index is 13.6. The van der Waals surface area contributed by atoms with Crippen LogP contribution in [0.2, 0.25) is 0 Å². The first-order valence-electron chi connectivity index (χ1n) is 12.8. The lowest BCUT2D eigenvalue weighted by atomic mass is 9.99. The van der Waals surface area contributed by atoms with Gasteiger partial charge in [0.1, 0.15) is 53.0 Å². The van der Waals surface area contributed by atoms with Crippen LogP contribution in [0.1, 0.15) is 6.92 Å². The molecule has 2 aromatic carbocycles. The fraction of sp³-hybridized carbons (Fsp3) is 0.370. The van der Waals surface area contributed by atoms with Crippen molar-refractivity contribution in [3.8, 4) is 40.1 Å². The molecule has 3 heterocycles. The molecule has 0 spiro atoms. The van der Waals surface area contributed by atoms with Gasteiger partial charge in [0.05, 0.1) is 6.61 Å². The predicted molar refractivity (Wildman–Crippen MR) is 140 cm³/mol. The summed E-state index contributed by atoms with van der Waals surface area (Å²) in [5.74, 6) is -4.76. The van der Waals surface area contributed by atoms with E-state index in [0.717, 1.165) is 24.3 Å². The van der Waals surface area contributed by atoms with E-state index in [1.54, 1.807) is 0 Å². The first kappa shape index (κ1) is 30.2. The Bertz CT molecular complexity index is 1610. The Balaban J connectivity index is 1.49. The molecule has 3 aromatic rings. The topological polar surface area (TPSA) is 269 Å². The number of rotatable bonds is 6. The molecular formula is C27H28O16. The lowest BCUT2D eigenvalue weighted by Gasteiger charge is -2.41. The molecule has 5 unspecified atom stereocenters. The molecule has 1 fully saturated rings. The minimum Gasteiger partial charge on any atom is -0.508 e. The maximum absolute atomic E-state index is 13.6. The summed E-state index contributed by atoms with van der Waals surface area (Å²) in [5, 5.41) is 101. The van der Waals surface area contributed by atoms with Gasteiger partial charge in [-0.3, -0.25) is 4.79 Å². The van der Waals surface area contributed by atoms with Crippen LogP contribution in [0.3, 0.4) is 0 Å². The third-order valence-electron chi connectivity index (χ3n) is 7.01. The number of aliphatic hydroxyl groups is 6. The van der Waals surface area contributed by atoms with Crippen LogP contribution in [0, 0.1) is 0 Å². The molecule has 16 heteroatoms. The zero-order valence-corrected chi connectivity index (χ0v) is 22.1. The Hall–Kier alpha value is -4.29. The number of phenols is 4. The van der Waals surface area contributed by atoms with Gasteiger partial charge in [-0.05, 0) is 25.1 Å². The molecule has 10 N–H and O–H groups in total. The molecule has 0 radical (unpaired) electrons. The highest BCUT2D eigenvalue weighted by atomic mass is 16.7. The second-order valence-electron chi connectivity index (χ2n) is 9.96. The fourth-order valence-electron chi connectivity index (χ4n) is 4.65.